The van der Waals surface area contributed by atoms with E-state index in [-0.39, 0.29) is 18.1 Å². The Balaban J connectivity index is 2.17. The van der Waals surface area contributed by atoms with Crippen LogP contribution >= 0.6 is 0 Å². The minimum Gasteiger partial charge on any atom is -0.342 e. The van der Waals surface area contributed by atoms with Crippen molar-refractivity contribution in [2.24, 2.45) is 0 Å². The summed E-state index contributed by atoms with van der Waals surface area (Å²) in [7, 11) is 0. The topological polar surface area (TPSA) is 72.2 Å². The number of rotatable bonds is 4. The van der Waals surface area contributed by atoms with Gasteiger partial charge >= 0.3 is 5.69 Å². The van der Waals surface area contributed by atoms with Crippen LogP contribution in [0, 0.1) is 0 Å². The standard InChI is InChI=1S/C11H19N5O2/c1-3-14(4-2)10(17)8-16-11(18)15-6-5-12-7-9(15)13-16/h12H,3-8H2,1-2H3. The van der Waals surface area contributed by atoms with E-state index in [0.717, 1.165) is 6.54 Å². The molecule has 0 saturated heterocycles. The van der Waals surface area contributed by atoms with Gasteiger partial charge in [0, 0.05) is 26.2 Å². The van der Waals surface area contributed by atoms with Crippen molar-refractivity contribution in [3.63, 3.8) is 0 Å². The van der Waals surface area contributed by atoms with E-state index in [1.807, 2.05) is 13.8 Å². The predicted octanol–water partition coefficient (Wildman–Crippen LogP) is -0.984. The maximum atomic E-state index is 12.0. The Morgan fingerprint density at radius 1 is 1.44 bits per heavy atom. The van der Waals surface area contributed by atoms with Crippen molar-refractivity contribution in [3.8, 4) is 0 Å². The molecule has 2 rings (SSSR count). The molecular formula is C11H19N5O2. The van der Waals surface area contributed by atoms with Crippen molar-refractivity contribution in [1.29, 1.82) is 0 Å². The quantitative estimate of drug-likeness (QED) is 0.748. The number of hydrogen-bond donors (Lipinski definition) is 1. The fourth-order valence-corrected chi connectivity index (χ4v) is 2.14. The number of fused-ring (bicyclic) bond motifs is 1. The van der Waals surface area contributed by atoms with Crippen LogP contribution in [-0.2, 0) is 24.4 Å². The average Bonchev–Trinajstić information content (AvgIpc) is 2.68. The van der Waals surface area contributed by atoms with Gasteiger partial charge in [0.25, 0.3) is 0 Å². The monoisotopic (exact) mass is 253 g/mol. The first-order valence-electron chi connectivity index (χ1n) is 6.32. The molecule has 100 valence electrons. The Bertz CT molecular complexity index is 486. The highest BCUT2D eigenvalue weighted by Crippen LogP contribution is 1.98. The number of carbonyl (C=O) groups is 1. The van der Waals surface area contributed by atoms with Crippen molar-refractivity contribution in [1.82, 2.24) is 24.6 Å². The van der Waals surface area contributed by atoms with Crippen LogP contribution in [0.25, 0.3) is 0 Å². The van der Waals surface area contributed by atoms with Crippen LogP contribution in [0.1, 0.15) is 19.7 Å². The molecule has 2 heterocycles. The SMILES string of the molecule is CCN(CC)C(=O)Cn1nc2n(c1=O)CCNC2. The van der Waals surface area contributed by atoms with Crippen LogP contribution in [0.3, 0.4) is 0 Å². The van der Waals surface area contributed by atoms with E-state index >= 15 is 0 Å². The number of nitrogens with zero attached hydrogens (tertiary/aromatic N) is 4. The zero-order valence-electron chi connectivity index (χ0n) is 10.8. The van der Waals surface area contributed by atoms with Crippen LogP contribution in [0.2, 0.25) is 0 Å². The third-order valence-electron chi connectivity index (χ3n) is 3.20. The minimum atomic E-state index is -0.188. The Hall–Kier alpha value is -1.63. The van der Waals surface area contributed by atoms with Gasteiger partial charge in [0.05, 0.1) is 6.54 Å². The van der Waals surface area contributed by atoms with Crippen molar-refractivity contribution < 1.29 is 4.79 Å². The van der Waals surface area contributed by atoms with Crippen LogP contribution < -0.4 is 11.0 Å². The first-order chi connectivity index (χ1) is 8.67. The number of hydrogen-bond acceptors (Lipinski definition) is 4. The largest absolute Gasteiger partial charge is 0.346 e. The first kappa shape index (κ1) is 12.8. The summed E-state index contributed by atoms with van der Waals surface area (Å²) >= 11 is 0. The molecular weight excluding hydrogens is 234 g/mol. The number of carbonyl (C=O) groups excluding carboxylic acids is 1. The fraction of sp³-hybridized carbons (Fsp3) is 0.727. The molecule has 0 unspecified atom stereocenters. The third-order valence-corrected chi connectivity index (χ3v) is 3.20. The molecule has 1 amide bonds. The van der Waals surface area contributed by atoms with Crippen LogP contribution in [-0.4, -0.2) is 44.8 Å². The molecule has 0 saturated carbocycles. The van der Waals surface area contributed by atoms with E-state index < -0.39 is 0 Å². The highest BCUT2D eigenvalue weighted by Gasteiger charge is 2.19. The normalized spacial score (nSPS) is 14.3. The van der Waals surface area contributed by atoms with Crippen molar-refractivity contribution >= 4 is 5.91 Å². The van der Waals surface area contributed by atoms with Crippen LogP contribution in [0.5, 0.6) is 0 Å². The zero-order chi connectivity index (χ0) is 13.1. The number of aromatic nitrogens is 3. The zero-order valence-corrected chi connectivity index (χ0v) is 10.8. The summed E-state index contributed by atoms with van der Waals surface area (Å²) in [5.74, 6) is 0.643. The lowest BCUT2D eigenvalue weighted by atomic mass is 10.4. The summed E-state index contributed by atoms with van der Waals surface area (Å²) in [4.78, 5) is 25.7. The molecule has 1 aliphatic heterocycles. The molecule has 1 aliphatic rings. The molecule has 0 aromatic carbocycles. The van der Waals surface area contributed by atoms with Gasteiger partial charge in [0.15, 0.2) is 0 Å². The second-order valence-electron chi connectivity index (χ2n) is 4.25. The molecule has 0 aliphatic carbocycles. The minimum absolute atomic E-state index is 0.0283. The van der Waals surface area contributed by atoms with Gasteiger partial charge in [-0.3, -0.25) is 9.36 Å². The first-order valence-corrected chi connectivity index (χ1v) is 6.32. The van der Waals surface area contributed by atoms with Crippen molar-refractivity contribution in [2.45, 2.75) is 33.5 Å². The molecule has 18 heavy (non-hydrogen) atoms. The third kappa shape index (κ3) is 2.31. The maximum Gasteiger partial charge on any atom is 0.346 e. The Morgan fingerprint density at radius 3 is 2.78 bits per heavy atom. The van der Waals surface area contributed by atoms with E-state index in [0.29, 0.717) is 32.0 Å². The molecule has 0 spiro atoms. The van der Waals surface area contributed by atoms with E-state index in [9.17, 15) is 9.59 Å². The average molecular weight is 253 g/mol. The van der Waals surface area contributed by atoms with E-state index in [1.165, 1.54) is 4.68 Å². The van der Waals surface area contributed by atoms with Gasteiger partial charge in [-0.2, -0.15) is 5.10 Å². The van der Waals surface area contributed by atoms with Gasteiger partial charge in [-0.15, -0.1) is 0 Å². The lowest BCUT2D eigenvalue weighted by molar-refractivity contribution is -0.131. The van der Waals surface area contributed by atoms with E-state index in [4.69, 9.17) is 0 Å². The Morgan fingerprint density at radius 2 is 2.17 bits per heavy atom. The van der Waals surface area contributed by atoms with Gasteiger partial charge < -0.3 is 10.2 Å². The molecule has 0 fully saturated rings. The maximum absolute atomic E-state index is 12.0. The summed E-state index contributed by atoms with van der Waals surface area (Å²) in [6, 6.07) is 0. The van der Waals surface area contributed by atoms with Gasteiger partial charge in [-0.25, -0.2) is 9.48 Å². The molecule has 0 bridgehead atoms. The summed E-state index contributed by atoms with van der Waals surface area (Å²) in [6.45, 7) is 7.15. The molecule has 0 radical (unpaired) electrons. The second kappa shape index (κ2) is 5.34. The van der Waals surface area contributed by atoms with E-state index in [2.05, 4.69) is 10.4 Å². The molecule has 7 heteroatoms. The number of amides is 1. The lowest BCUT2D eigenvalue weighted by Gasteiger charge is -2.17. The number of nitrogens with one attached hydrogen (secondary N) is 1. The van der Waals surface area contributed by atoms with Crippen molar-refractivity contribution in [3.05, 3.63) is 16.3 Å². The van der Waals surface area contributed by atoms with Crippen LogP contribution in [0.15, 0.2) is 4.79 Å². The predicted molar refractivity (Wildman–Crippen MR) is 66.1 cm³/mol. The smallest absolute Gasteiger partial charge is 0.342 e. The molecule has 1 N–H and O–H groups in total. The summed E-state index contributed by atoms with van der Waals surface area (Å²) in [6.07, 6.45) is 0. The van der Waals surface area contributed by atoms with Gasteiger partial charge in [0.2, 0.25) is 5.91 Å². The molecule has 0 atom stereocenters. The Kier molecular flexibility index (Phi) is 3.81. The van der Waals surface area contributed by atoms with E-state index in [1.54, 1.807) is 9.47 Å². The molecule has 7 nitrogen and oxygen atoms in total. The highest BCUT2D eigenvalue weighted by atomic mass is 16.2. The van der Waals surface area contributed by atoms with Crippen LogP contribution in [0.4, 0.5) is 0 Å². The summed E-state index contributed by atoms with van der Waals surface area (Å²) in [5, 5.41) is 7.35. The van der Waals surface area contributed by atoms with Gasteiger partial charge in [-0.05, 0) is 13.8 Å². The van der Waals surface area contributed by atoms with Gasteiger partial charge in [-0.1, -0.05) is 0 Å². The molecule has 1 aromatic rings. The molecule has 1 aromatic heterocycles. The summed E-state index contributed by atoms with van der Waals surface area (Å²) < 4.78 is 2.90. The van der Waals surface area contributed by atoms with Gasteiger partial charge in [0.1, 0.15) is 12.4 Å². The fourth-order valence-electron chi connectivity index (χ4n) is 2.14. The second-order valence-corrected chi connectivity index (χ2v) is 4.25. The van der Waals surface area contributed by atoms with Crippen molar-refractivity contribution in [2.75, 3.05) is 19.6 Å². The summed E-state index contributed by atoms with van der Waals surface area (Å²) in [5.41, 5.74) is -0.188. The number of likely N-dealkylation sites (N-methyl/N-ethyl adjacent to an activating group) is 1. The lowest BCUT2D eigenvalue weighted by Crippen LogP contribution is -2.38. The Labute approximate surface area is 105 Å². The highest BCUT2D eigenvalue weighted by molar-refractivity contribution is 5.75.